The van der Waals surface area contributed by atoms with Gasteiger partial charge in [0.05, 0.1) is 0 Å². The van der Waals surface area contributed by atoms with Crippen molar-refractivity contribution in [2.45, 2.75) is 104 Å². The zero-order valence-corrected chi connectivity index (χ0v) is 16.3. The summed E-state index contributed by atoms with van der Waals surface area (Å²) in [5.74, 6) is 0.208. The molecule has 0 spiro atoms. The highest BCUT2D eigenvalue weighted by Crippen LogP contribution is 2.08. The van der Waals surface area contributed by atoms with Crippen molar-refractivity contribution in [1.82, 2.24) is 5.32 Å². The Labute approximate surface area is 151 Å². The van der Waals surface area contributed by atoms with Gasteiger partial charge >= 0.3 is 0 Å². The van der Waals surface area contributed by atoms with Crippen molar-refractivity contribution < 1.29 is 4.79 Å². The first-order chi connectivity index (χ1) is 11.8. The van der Waals surface area contributed by atoms with Crippen molar-refractivity contribution in [1.29, 1.82) is 0 Å². The van der Waals surface area contributed by atoms with Crippen molar-refractivity contribution in [2.75, 3.05) is 6.54 Å². The first-order valence-corrected chi connectivity index (χ1v) is 10.4. The summed E-state index contributed by atoms with van der Waals surface area (Å²) < 4.78 is 0. The van der Waals surface area contributed by atoms with Crippen molar-refractivity contribution in [3.05, 3.63) is 24.3 Å². The number of carbonyl (C=O) groups excluding carboxylic acids is 1. The smallest absolute Gasteiger partial charge is 0.219 e. The number of carbonyl (C=O) groups is 1. The Morgan fingerprint density at radius 2 is 1.29 bits per heavy atom. The van der Waals surface area contributed by atoms with Crippen LogP contribution in [0.2, 0.25) is 0 Å². The summed E-state index contributed by atoms with van der Waals surface area (Å²) in [5, 5.41) is 2.98. The minimum Gasteiger partial charge on any atom is -0.356 e. The van der Waals surface area contributed by atoms with Crippen LogP contribution in [0.5, 0.6) is 0 Å². The molecule has 0 aliphatic carbocycles. The third-order valence-corrected chi connectivity index (χ3v) is 4.18. The maximum atomic E-state index is 11.3. The molecule has 0 saturated carbocycles. The van der Waals surface area contributed by atoms with E-state index in [2.05, 4.69) is 36.5 Å². The molecule has 0 radical (unpaired) electrons. The monoisotopic (exact) mass is 335 g/mol. The van der Waals surface area contributed by atoms with E-state index >= 15 is 0 Å². The van der Waals surface area contributed by atoms with Crippen LogP contribution < -0.4 is 5.32 Å². The molecule has 0 bridgehead atoms. The van der Waals surface area contributed by atoms with E-state index < -0.39 is 0 Å². The largest absolute Gasteiger partial charge is 0.356 e. The Morgan fingerprint density at radius 1 is 0.708 bits per heavy atom. The average Bonchev–Trinajstić information content (AvgIpc) is 2.58. The van der Waals surface area contributed by atoms with E-state index in [1.54, 1.807) is 0 Å². The van der Waals surface area contributed by atoms with Gasteiger partial charge in [0.1, 0.15) is 0 Å². The second-order valence-electron chi connectivity index (χ2n) is 6.68. The van der Waals surface area contributed by atoms with Crippen LogP contribution in [0, 0.1) is 0 Å². The molecule has 0 aliphatic rings. The topological polar surface area (TPSA) is 29.1 Å². The van der Waals surface area contributed by atoms with Gasteiger partial charge in [-0.2, -0.15) is 0 Å². The summed E-state index contributed by atoms with van der Waals surface area (Å²) in [6.07, 6.45) is 26.1. The van der Waals surface area contributed by atoms with Crippen LogP contribution in [-0.4, -0.2) is 12.5 Å². The normalized spacial score (nSPS) is 11.6. The molecule has 0 unspecified atom stereocenters. The average molecular weight is 336 g/mol. The first kappa shape index (κ1) is 22.9. The highest BCUT2D eigenvalue weighted by molar-refractivity contribution is 5.75. The molecule has 2 heteroatoms. The van der Waals surface area contributed by atoms with Crippen LogP contribution in [0.15, 0.2) is 24.3 Å². The van der Waals surface area contributed by atoms with Gasteiger partial charge < -0.3 is 5.32 Å². The summed E-state index contributed by atoms with van der Waals surface area (Å²) in [7, 11) is 0. The lowest BCUT2D eigenvalue weighted by Gasteiger charge is -2.04. The molecule has 24 heavy (non-hydrogen) atoms. The Bertz CT molecular complexity index is 320. The third-order valence-electron chi connectivity index (χ3n) is 4.18. The van der Waals surface area contributed by atoms with Crippen LogP contribution >= 0.6 is 0 Å². The number of hydrogen-bond acceptors (Lipinski definition) is 1. The Morgan fingerprint density at radius 3 is 1.92 bits per heavy atom. The molecule has 0 heterocycles. The molecule has 0 atom stereocenters. The quantitative estimate of drug-likeness (QED) is 0.232. The molecule has 1 amide bonds. The predicted molar refractivity (Wildman–Crippen MR) is 107 cm³/mol. The second-order valence-corrected chi connectivity index (χ2v) is 6.68. The SMILES string of the molecule is CCCCC/C=C\C/C=C\CCCCCCCCNC(=O)CCC. The molecular formula is C22H41NO. The van der Waals surface area contributed by atoms with E-state index in [4.69, 9.17) is 0 Å². The van der Waals surface area contributed by atoms with E-state index in [1.807, 2.05) is 6.92 Å². The fraction of sp³-hybridized carbons (Fsp3) is 0.773. The maximum absolute atomic E-state index is 11.3. The van der Waals surface area contributed by atoms with Gasteiger partial charge in [0, 0.05) is 13.0 Å². The third kappa shape index (κ3) is 19.0. The molecule has 0 aromatic rings. The van der Waals surface area contributed by atoms with Gasteiger partial charge in [0.15, 0.2) is 0 Å². The molecular weight excluding hydrogens is 294 g/mol. The van der Waals surface area contributed by atoms with Gasteiger partial charge in [-0.25, -0.2) is 0 Å². The highest BCUT2D eigenvalue weighted by atomic mass is 16.1. The van der Waals surface area contributed by atoms with Gasteiger partial charge in [0.25, 0.3) is 0 Å². The fourth-order valence-electron chi connectivity index (χ4n) is 2.66. The van der Waals surface area contributed by atoms with Crippen LogP contribution in [0.1, 0.15) is 104 Å². The van der Waals surface area contributed by atoms with E-state index in [-0.39, 0.29) is 5.91 Å². The van der Waals surface area contributed by atoms with E-state index in [0.717, 1.165) is 25.8 Å². The second kappa shape index (κ2) is 20.0. The molecule has 0 aliphatic heterocycles. The summed E-state index contributed by atoms with van der Waals surface area (Å²) >= 11 is 0. The van der Waals surface area contributed by atoms with Crippen molar-refractivity contribution in [3.63, 3.8) is 0 Å². The van der Waals surface area contributed by atoms with Gasteiger partial charge in [-0.1, -0.05) is 76.7 Å². The number of amides is 1. The Balaban J connectivity index is 3.19. The number of nitrogens with one attached hydrogen (secondary N) is 1. The maximum Gasteiger partial charge on any atom is 0.219 e. The molecule has 2 nitrogen and oxygen atoms in total. The van der Waals surface area contributed by atoms with Gasteiger partial charge in [0.2, 0.25) is 5.91 Å². The molecule has 0 fully saturated rings. The lowest BCUT2D eigenvalue weighted by atomic mass is 10.1. The Kier molecular flexibility index (Phi) is 19.1. The number of unbranched alkanes of at least 4 members (excludes halogenated alkanes) is 9. The number of rotatable bonds is 17. The van der Waals surface area contributed by atoms with Gasteiger partial charge in [-0.15, -0.1) is 0 Å². The minimum absolute atomic E-state index is 0.208. The zero-order chi connectivity index (χ0) is 17.7. The van der Waals surface area contributed by atoms with Crippen LogP contribution in [0.25, 0.3) is 0 Å². The zero-order valence-electron chi connectivity index (χ0n) is 16.3. The number of hydrogen-bond donors (Lipinski definition) is 1. The minimum atomic E-state index is 0.208. The molecule has 0 aromatic carbocycles. The molecule has 1 N–H and O–H groups in total. The van der Waals surface area contributed by atoms with E-state index in [9.17, 15) is 4.79 Å². The van der Waals surface area contributed by atoms with E-state index in [0.29, 0.717) is 6.42 Å². The van der Waals surface area contributed by atoms with Crippen LogP contribution in [0.3, 0.4) is 0 Å². The van der Waals surface area contributed by atoms with Crippen LogP contribution in [0.4, 0.5) is 0 Å². The summed E-state index contributed by atoms with van der Waals surface area (Å²) in [6.45, 7) is 5.15. The van der Waals surface area contributed by atoms with Gasteiger partial charge in [-0.3, -0.25) is 4.79 Å². The van der Waals surface area contributed by atoms with Crippen molar-refractivity contribution in [3.8, 4) is 0 Å². The highest BCUT2D eigenvalue weighted by Gasteiger charge is 1.97. The summed E-state index contributed by atoms with van der Waals surface area (Å²) in [5.41, 5.74) is 0. The Hall–Kier alpha value is -1.05. The fourth-order valence-corrected chi connectivity index (χ4v) is 2.66. The lowest BCUT2D eigenvalue weighted by Crippen LogP contribution is -2.23. The van der Waals surface area contributed by atoms with Crippen LogP contribution in [-0.2, 0) is 4.79 Å². The first-order valence-electron chi connectivity index (χ1n) is 10.4. The molecule has 0 saturated heterocycles. The summed E-state index contributed by atoms with van der Waals surface area (Å²) in [4.78, 5) is 11.3. The van der Waals surface area contributed by atoms with Crippen molar-refractivity contribution in [2.24, 2.45) is 0 Å². The van der Waals surface area contributed by atoms with E-state index in [1.165, 1.54) is 64.2 Å². The lowest BCUT2D eigenvalue weighted by molar-refractivity contribution is -0.121. The number of allylic oxidation sites excluding steroid dienone is 4. The molecule has 0 rings (SSSR count). The van der Waals surface area contributed by atoms with Crippen molar-refractivity contribution >= 4 is 5.91 Å². The molecule has 0 aromatic heterocycles. The molecule has 140 valence electrons. The predicted octanol–water partition coefficient (Wildman–Crippen LogP) is 6.72. The standard InChI is InChI=1S/C22H41NO/c1-3-5-6-7-8-9-10-11-12-13-14-15-16-17-18-19-21-23-22(24)20-4-2/h8-9,11-12H,3-7,10,13-21H2,1-2H3,(H,23,24)/b9-8-,12-11-. The summed E-state index contributed by atoms with van der Waals surface area (Å²) in [6, 6.07) is 0. The van der Waals surface area contributed by atoms with Gasteiger partial charge in [-0.05, 0) is 44.9 Å².